The Kier molecular flexibility index (Phi) is 5.77. The topological polar surface area (TPSA) is 66.0 Å². The number of anilines is 2. The van der Waals surface area contributed by atoms with Crippen LogP contribution in [-0.4, -0.2) is 41.1 Å². The van der Waals surface area contributed by atoms with E-state index in [1.54, 1.807) is 6.33 Å². The van der Waals surface area contributed by atoms with Gasteiger partial charge in [0.2, 0.25) is 0 Å². The van der Waals surface area contributed by atoms with E-state index in [0.717, 1.165) is 36.8 Å². The standard InChI is InChI=1S/C22H26N6/c1-23-20-14-21(27-16-26-20)28-13-7-10-18(28)15-25-22(17-8-3-2-4-9-17)19-11-5-6-12-24-19/h2-6,8-9,11-12,14,16,18,22,25H,7,10,13,15H2,1H3,(H,23,26,27). The van der Waals surface area contributed by atoms with Gasteiger partial charge in [0.1, 0.15) is 18.0 Å². The molecule has 2 atom stereocenters. The average Bonchev–Trinajstić information content (AvgIpc) is 3.24. The highest BCUT2D eigenvalue weighted by Crippen LogP contribution is 2.26. The first kappa shape index (κ1) is 18.4. The number of hydrogen-bond acceptors (Lipinski definition) is 6. The molecule has 2 aromatic heterocycles. The minimum atomic E-state index is 0.0723. The zero-order valence-electron chi connectivity index (χ0n) is 16.1. The average molecular weight is 374 g/mol. The fourth-order valence-electron chi connectivity index (χ4n) is 3.83. The Morgan fingerprint density at radius 3 is 2.71 bits per heavy atom. The van der Waals surface area contributed by atoms with Crippen LogP contribution in [0, 0.1) is 0 Å². The molecule has 4 rings (SSSR count). The molecular formula is C22H26N6. The monoisotopic (exact) mass is 374 g/mol. The van der Waals surface area contributed by atoms with Gasteiger partial charge in [-0.25, -0.2) is 9.97 Å². The van der Waals surface area contributed by atoms with Crippen molar-refractivity contribution in [2.24, 2.45) is 0 Å². The van der Waals surface area contributed by atoms with Gasteiger partial charge in [0.05, 0.1) is 11.7 Å². The summed E-state index contributed by atoms with van der Waals surface area (Å²) in [5.41, 5.74) is 2.27. The molecule has 1 saturated heterocycles. The van der Waals surface area contributed by atoms with E-state index in [1.165, 1.54) is 12.0 Å². The first-order valence-electron chi connectivity index (χ1n) is 9.81. The van der Waals surface area contributed by atoms with E-state index in [0.29, 0.717) is 6.04 Å². The lowest BCUT2D eigenvalue weighted by Gasteiger charge is -2.28. The first-order chi connectivity index (χ1) is 13.8. The summed E-state index contributed by atoms with van der Waals surface area (Å²) in [5.74, 6) is 1.83. The maximum atomic E-state index is 4.60. The van der Waals surface area contributed by atoms with Crippen molar-refractivity contribution in [3.63, 3.8) is 0 Å². The molecule has 1 aromatic carbocycles. The quantitative estimate of drug-likeness (QED) is 0.662. The zero-order chi connectivity index (χ0) is 19.2. The van der Waals surface area contributed by atoms with Crippen LogP contribution in [0.1, 0.15) is 30.1 Å². The minimum Gasteiger partial charge on any atom is -0.373 e. The van der Waals surface area contributed by atoms with Gasteiger partial charge in [-0.3, -0.25) is 4.98 Å². The number of aromatic nitrogens is 3. The van der Waals surface area contributed by atoms with E-state index in [9.17, 15) is 0 Å². The number of hydrogen-bond donors (Lipinski definition) is 2. The van der Waals surface area contributed by atoms with Crippen molar-refractivity contribution in [3.05, 3.63) is 78.4 Å². The van der Waals surface area contributed by atoms with Crippen molar-refractivity contribution < 1.29 is 0 Å². The van der Waals surface area contributed by atoms with E-state index >= 15 is 0 Å². The number of rotatable bonds is 7. The summed E-state index contributed by atoms with van der Waals surface area (Å²) in [4.78, 5) is 15.7. The smallest absolute Gasteiger partial charge is 0.134 e. The molecule has 0 saturated carbocycles. The Hall–Kier alpha value is -2.99. The molecule has 0 spiro atoms. The van der Waals surface area contributed by atoms with Gasteiger partial charge in [-0.2, -0.15) is 0 Å². The van der Waals surface area contributed by atoms with Crippen molar-refractivity contribution in [2.75, 3.05) is 30.4 Å². The Morgan fingerprint density at radius 1 is 1.07 bits per heavy atom. The Balaban J connectivity index is 1.51. The summed E-state index contributed by atoms with van der Waals surface area (Å²) in [6.45, 7) is 1.89. The van der Waals surface area contributed by atoms with Gasteiger partial charge in [-0.1, -0.05) is 36.4 Å². The van der Waals surface area contributed by atoms with E-state index in [4.69, 9.17) is 0 Å². The van der Waals surface area contributed by atoms with Crippen LogP contribution < -0.4 is 15.5 Å². The normalized spacial score (nSPS) is 17.5. The fraction of sp³-hybridized carbons (Fsp3) is 0.318. The lowest BCUT2D eigenvalue weighted by atomic mass is 10.0. The molecule has 0 bridgehead atoms. The number of nitrogens with zero attached hydrogens (tertiary/aromatic N) is 4. The zero-order valence-corrected chi connectivity index (χ0v) is 16.1. The lowest BCUT2D eigenvalue weighted by molar-refractivity contribution is 0.524. The number of benzene rings is 1. The first-order valence-corrected chi connectivity index (χ1v) is 9.81. The molecule has 0 amide bonds. The Labute approximate surface area is 166 Å². The van der Waals surface area contributed by atoms with Crippen LogP contribution in [-0.2, 0) is 0 Å². The molecular weight excluding hydrogens is 348 g/mol. The van der Waals surface area contributed by atoms with E-state index in [2.05, 4.69) is 60.8 Å². The predicted octanol–water partition coefficient (Wildman–Crippen LogP) is 3.26. The summed E-state index contributed by atoms with van der Waals surface area (Å²) in [6, 6.07) is 19.1. The third kappa shape index (κ3) is 4.12. The molecule has 2 unspecified atom stereocenters. The van der Waals surface area contributed by atoms with Gasteiger partial charge >= 0.3 is 0 Å². The number of pyridine rings is 1. The predicted molar refractivity (Wildman–Crippen MR) is 112 cm³/mol. The van der Waals surface area contributed by atoms with Gasteiger partial charge in [-0.15, -0.1) is 0 Å². The maximum Gasteiger partial charge on any atom is 0.134 e. The molecule has 2 N–H and O–H groups in total. The van der Waals surface area contributed by atoms with Crippen LogP contribution in [0.5, 0.6) is 0 Å². The highest BCUT2D eigenvalue weighted by Gasteiger charge is 2.27. The van der Waals surface area contributed by atoms with E-state index in [-0.39, 0.29) is 6.04 Å². The maximum absolute atomic E-state index is 4.60. The molecule has 6 heteroatoms. The van der Waals surface area contributed by atoms with Crippen LogP contribution in [0.3, 0.4) is 0 Å². The highest BCUT2D eigenvalue weighted by molar-refractivity contribution is 5.49. The molecule has 3 heterocycles. The second kappa shape index (κ2) is 8.80. The summed E-state index contributed by atoms with van der Waals surface area (Å²) < 4.78 is 0. The van der Waals surface area contributed by atoms with Crippen LogP contribution in [0.25, 0.3) is 0 Å². The Bertz CT molecular complexity index is 831. The summed E-state index contributed by atoms with van der Waals surface area (Å²) in [7, 11) is 1.88. The molecule has 1 aliphatic heterocycles. The van der Waals surface area contributed by atoms with Crippen LogP contribution in [0.4, 0.5) is 11.6 Å². The van der Waals surface area contributed by atoms with Gasteiger partial charge in [0.25, 0.3) is 0 Å². The third-order valence-corrected chi connectivity index (χ3v) is 5.25. The molecule has 1 fully saturated rings. The fourth-order valence-corrected chi connectivity index (χ4v) is 3.83. The largest absolute Gasteiger partial charge is 0.373 e. The molecule has 0 aliphatic carbocycles. The van der Waals surface area contributed by atoms with Gasteiger partial charge in [0, 0.05) is 38.4 Å². The SMILES string of the molecule is CNc1cc(N2CCCC2CNC(c2ccccc2)c2ccccn2)ncn1. The molecule has 28 heavy (non-hydrogen) atoms. The van der Waals surface area contributed by atoms with Crippen molar-refractivity contribution in [3.8, 4) is 0 Å². The van der Waals surface area contributed by atoms with E-state index in [1.807, 2.05) is 37.5 Å². The van der Waals surface area contributed by atoms with Gasteiger partial charge in [0.15, 0.2) is 0 Å². The molecule has 3 aromatic rings. The highest BCUT2D eigenvalue weighted by atomic mass is 15.3. The van der Waals surface area contributed by atoms with Gasteiger partial charge < -0.3 is 15.5 Å². The minimum absolute atomic E-state index is 0.0723. The van der Waals surface area contributed by atoms with Crippen molar-refractivity contribution in [1.29, 1.82) is 0 Å². The van der Waals surface area contributed by atoms with Crippen molar-refractivity contribution >= 4 is 11.6 Å². The van der Waals surface area contributed by atoms with Crippen LogP contribution in [0.2, 0.25) is 0 Å². The molecule has 144 valence electrons. The molecule has 0 radical (unpaired) electrons. The van der Waals surface area contributed by atoms with Gasteiger partial charge in [-0.05, 0) is 30.5 Å². The third-order valence-electron chi connectivity index (χ3n) is 5.25. The van der Waals surface area contributed by atoms with Crippen LogP contribution >= 0.6 is 0 Å². The van der Waals surface area contributed by atoms with Crippen LogP contribution in [0.15, 0.2) is 67.1 Å². The summed E-state index contributed by atoms with van der Waals surface area (Å²) in [6.07, 6.45) is 5.81. The van der Waals surface area contributed by atoms with Crippen molar-refractivity contribution in [2.45, 2.75) is 24.9 Å². The summed E-state index contributed by atoms with van der Waals surface area (Å²) in [5, 5.41) is 6.86. The van der Waals surface area contributed by atoms with E-state index < -0.39 is 0 Å². The Morgan fingerprint density at radius 2 is 1.93 bits per heavy atom. The van der Waals surface area contributed by atoms with Crippen molar-refractivity contribution in [1.82, 2.24) is 20.3 Å². The molecule has 6 nitrogen and oxygen atoms in total. The second-order valence-corrected chi connectivity index (χ2v) is 7.01. The lowest BCUT2D eigenvalue weighted by Crippen LogP contribution is -2.40. The number of nitrogens with one attached hydrogen (secondary N) is 2. The summed E-state index contributed by atoms with van der Waals surface area (Å²) >= 11 is 0. The second-order valence-electron chi connectivity index (χ2n) is 7.01. The molecule has 1 aliphatic rings.